The minimum absolute atomic E-state index is 0.400. The molecular formula is C14H19O4. The van der Waals surface area contributed by atoms with Gasteiger partial charge in [-0.3, -0.25) is 4.89 Å². The lowest BCUT2D eigenvalue weighted by Gasteiger charge is -2.06. The molecule has 0 fully saturated rings. The fourth-order valence-electron chi connectivity index (χ4n) is 1.51. The maximum atomic E-state index is 11.3. The average Bonchev–Trinajstić information content (AvgIpc) is 2.39. The van der Waals surface area contributed by atoms with Gasteiger partial charge in [0.15, 0.2) is 0 Å². The highest BCUT2D eigenvalue weighted by Gasteiger charge is 2.07. The predicted octanol–water partition coefficient (Wildman–Crippen LogP) is 3.53. The standard InChI is InChI=1S/C14H19O4/c1-3-4-5-6-11-17-13-9-7-12(8-10-13)14(15)18-16-2/h7-10H,2-6,11H2,1H3. The van der Waals surface area contributed by atoms with Gasteiger partial charge in [-0.1, -0.05) is 26.2 Å². The molecule has 0 spiro atoms. The van der Waals surface area contributed by atoms with Crippen molar-refractivity contribution in [2.45, 2.75) is 32.6 Å². The van der Waals surface area contributed by atoms with Gasteiger partial charge in [0, 0.05) is 0 Å². The Morgan fingerprint density at radius 3 is 2.50 bits per heavy atom. The number of carbonyl (C=O) groups is 1. The number of rotatable bonds is 8. The van der Waals surface area contributed by atoms with Crippen LogP contribution in [0.1, 0.15) is 43.0 Å². The molecule has 0 atom stereocenters. The third kappa shape index (κ3) is 5.19. The molecule has 0 saturated heterocycles. The number of hydrogen-bond donors (Lipinski definition) is 0. The van der Waals surface area contributed by atoms with E-state index in [1.165, 1.54) is 19.3 Å². The summed E-state index contributed by atoms with van der Waals surface area (Å²) < 4.78 is 5.55. The smallest absolute Gasteiger partial charge is 0.373 e. The number of hydrogen-bond acceptors (Lipinski definition) is 4. The highest BCUT2D eigenvalue weighted by Crippen LogP contribution is 2.13. The number of benzene rings is 1. The Kier molecular flexibility index (Phi) is 6.87. The van der Waals surface area contributed by atoms with E-state index < -0.39 is 5.97 Å². The second kappa shape index (κ2) is 8.53. The van der Waals surface area contributed by atoms with Crippen LogP contribution in [-0.2, 0) is 9.78 Å². The number of ether oxygens (including phenoxy) is 1. The van der Waals surface area contributed by atoms with E-state index in [0.29, 0.717) is 12.2 Å². The van der Waals surface area contributed by atoms with Gasteiger partial charge in [0.2, 0.25) is 0 Å². The molecule has 0 bridgehead atoms. The maximum Gasteiger partial charge on any atom is 0.373 e. The molecule has 1 aromatic rings. The SMILES string of the molecule is [CH2]OOC(=O)c1ccc(OCCCCCC)cc1. The largest absolute Gasteiger partial charge is 0.494 e. The molecule has 4 nitrogen and oxygen atoms in total. The van der Waals surface area contributed by atoms with Crippen LogP contribution in [0.2, 0.25) is 0 Å². The van der Waals surface area contributed by atoms with Crippen molar-refractivity contribution in [3.05, 3.63) is 36.9 Å². The van der Waals surface area contributed by atoms with Crippen molar-refractivity contribution in [3.63, 3.8) is 0 Å². The molecule has 0 saturated carbocycles. The summed E-state index contributed by atoms with van der Waals surface area (Å²) in [6.45, 7) is 2.87. The average molecular weight is 251 g/mol. The fourth-order valence-corrected chi connectivity index (χ4v) is 1.51. The highest BCUT2D eigenvalue weighted by atomic mass is 17.2. The Labute approximate surface area is 108 Å². The van der Waals surface area contributed by atoms with Crippen molar-refractivity contribution in [2.75, 3.05) is 6.61 Å². The van der Waals surface area contributed by atoms with Crippen LogP contribution >= 0.6 is 0 Å². The summed E-state index contributed by atoms with van der Waals surface area (Å²) in [5.74, 6) is 0.179. The minimum atomic E-state index is -0.570. The van der Waals surface area contributed by atoms with Crippen LogP contribution in [0.4, 0.5) is 0 Å². The van der Waals surface area contributed by atoms with Crippen molar-refractivity contribution in [3.8, 4) is 5.75 Å². The molecule has 18 heavy (non-hydrogen) atoms. The molecule has 0 aliphatic carbocycles. The molecule has 0 amide bonds. The van der Waals surface area contributed by atoms with E-state index in [4.69, 9.17) is 4.74 Å². The van der Waals surface area contributed by atoms with Crippen LogP contribution in [0.5, 0.6) is 5.75 Å². The zero-order valence-electron chi connectivity index (χ0n) is 10.7. The first kappa shape index (κ1) is 14.5. The van der Waals surface area contributed by atoms with Gasteiger partial charge in [0.1, 0.15) is 12.9 Å². The summed E-state index contributed by atoms with van der Waals surface area (Å²) in [4.78, 5) is 19.6. The molecule has 1 aromatic carbocycles. The third-order valence-electron chi connectivity index (χ3n) is 2.49. The Bertz CT molecular complexity index is 345. The fraction of sp³-hybridized carbons (Fsp3) is 0.429. The van der Waals surface area contributed by atoms with Crippen LogP contribution < -0.4 is 4.74 Å². The Morgan fingerprint density at radius 2 is 1.89 bits per heavy atom. The predicted molar refractivity (Wildman–Crippen MR) is 67.9 cm³/mol. The van der Waals surface area contributed by atoms with Crippen molar-refractivity contribution < 1.29 is 19.3 Å². The molecule has 0 aromatic heterocycles. The number of unbranched alkanes of at least 4 members (excludes halogenated alkanes) is 3. The van der Waals surface area contributed by atoms with Crippen molar-refractivity contribution in [1.82, 2.24) is 0 Å². The molecule has 4 heteroatoms. The quantitative estimate of drug-likeness (QED) is 0.403. The van der Waals surface area contributed by atoms with Gasteiger partial charge < -0.3 is 4.74 Å². The van der Waals surface area contributed by atoms with E-state index in [1.807, 2.05) is 0 Å². The molecule has 0 heterocycles. The molecule has 1 rings (SSSR count). The summed E-state index contributed by atoms with van der Waals surface area (Å²) in [6, 6.07) is 6.73. The van der Waals surface area contributed by atoms with Gasteiger partial charge >= 0.3 is 5.97 Å². The van der Waals surface area contributed by atoms with Crippen molar-refractivity contribution in [2.24, 2.45) is 0 Å². The summed E-state index contributed by atoms with van der Waals surface area (Å²) in [5, 5.41) is 0. The monoisotopic (exact) mass is 251 g/mol. The lowest BCUT2D eigenvalue weighted by atomic mass is 10.2. The first-order valence-electron chi connectivity index (χ1n) is 6.13. The molecule has 99 valence electrons. The summed E-state index contributed by atoms with van der Waals surface area (Å²) >= 11 is 0. The second-order valence-electron chi connectivity index (χ2n) is 3.92. The van der Waals surface area contributed by atoms with Gasteiger partial charge in [0.25, 0.3) is 0 Å². The Hall–Kier alpha value is -1.55. The van der Waals surface area contributed by atoms with E-state index in [-0.39, 0.29) is 0 Å². The first-order chi connectivity index (χ1) is 8.77. The third-order valence-corrected chi connectivity index (χ3v) is 2.49. The van der Waals surface area contributed by atoms with Crippen LogP contribution in [0, 0.1) is 7.11 Å². The molecule has 0 N–H and O–H groups in total. The van der Waals surface area contributed by atoms with E-state index >= 15 is 0 Å². The van der Waals surface area contributed by atoms with E-state index in [0.717, 1.165) is 12.2 Å². The lowest BCUT2D eigenvalue weighted by molar-refractivity contribution is -0.195. The molecule has 0 aliphatic heterocycles. The van der Waals surface area contributed by atoms with Crippen LogP contribution in [-0.4, -0.2) is 12.6 Å². The van der Waals surface area contributed by atoms with Gasteiger partial charge in [-0.05, 0) is 30.7 Å². The second-order valence-corrected chi connectivity index (χ2v) is 3.92. The van der Waals surface area contributed by atoms with Crippen LogP contribution in [0.25, 0.3) is 0 Å². The van der Waals surface area contributed by atoms with E-state index in [2.05, 4.69) is 23.8 Å². The molecular weight excluding hydrogens is 232 g/mol. The summed E-state index contributed by atoms with van der Waals surface area (Å²) in [7, 11) is 2.97. The normalized spacial score (nSPS) is 10.1. The van der Waals surface area contributed by atoms with Gasteiger partial charge in [0.05, 0.1) is 12.2 Å². The van der Waals surface area contributed by atoms with Gasteiger partial charge in [-0.15, -0.1) is 0 Å². The first-order valence-corrected chi connectivity index (χ1v) is 6.13. The van der Waals surface area contributed by atoms with E-state index in [9.17, 15) is 4.79 Å². The van der Waals surface area contributed by atoms with Crippen molar-refractivity contribution in [1.29, 1.82) is 0 Å². The van der Waals surface area contributed by atoms with Gasteiger partial charge in [-0.25, -0.2) is 4.79 Å². The van der Waals surface area contributed by atoms with E-state index in [1.54, 1.807) is 24.3 Å². The summed E-state index contributed by atoms with van der Waals surface area (Å²) in [6.07, 6.45) is 4.68. The zero-order valence-corrected chi connectivity index (χ0v) is 10.7. The molecule has 0 unspecified atom stereocenters. The molecule has 0 aliphatic rings. The zero-order chi connectivity index (χ0) is 13.2. The lowest BCUT2D eigenvalue weighted by Crippen LogP contribution is -2.03. The number of carbonyl (C=O) groups excluding carboxylic acids is 1. The van der Waals surface area contributed by atoms with Crippen LogP contribution in [0.15, 0.2) is 24.3 Å². The minimum Gasteiger partial charge on any atom is -0.494 e. The Morgan fingerprint density at radius 1 is 1.17 bits per heavy atom. The molecule has 1 radical (unpaired) electrons. The summed E-state index contributed by atoms with van der Waals surface area (Å²) in [5.41, 5.74) is 0.400. The maximum absolute atomic E-state index is 11.3. The van der Waals surface area contributed by atoms with Gasteiger partial charge in [-0.2, -0.15) is 4.89 Å². The topological polar surface area (TPSA) is 44.8 Å². The highest BCUT2D eigenvalue weighted by molar-refractivity contribution is 5.89. The van der Waals surface area contributed by atoms with Crippen LogP contribution in [0.3, 0.4) is 0 Å². The van der Waals surface area contributed by atoms with Crippen molar-refractivity contribution >= 4 is 5.97 Å². The Balaban J connectivity index is 2.33.